The summed E-state index contributed by atoms with van der Waals surface area (Å²) in [7, 11) is 0. The molecule has 2 saturated heterocycles. The van der Waals surface area contributed by atoms with Gasteiger partial charge in [0.05, 0.1) is 0 Å². The van der Waals surface area contributed by atoms with Gasteiger partial charge < -0.3 is 9.80 Å². The van der Waals surface area contributed by atoms with Gasteiger partial charge in [0.1, 0.15) is 0 Å². The zero-order valence-corrected chi connectivity index (χ0v) is 24.4. The zero-order chi connectivity index (χ0) is 27.9. The molecule has 0 amide bonds. The summed E-state index contributed by atoms with van der Waals surface area (Å²) in [6, 6.07) is 41.4. The summed E-state index contributed by atoms with van der Waals surface area (Å²) in [5, 5.41) is 8.00. The number of rotatable bonds is 4. The van der Waals surface area contributed by atoms with Crippen molar-refractivity contribution < 1.29 is 0 Å². The standard InChI is InChI=1S/C40H38N2/c1-4-14-30(15-5-1)39-35-21-19-32(42-25-10-3-11-26-42)28-38(35)40(34-18-12-16-29-13-6-7-17-33(29)34)36-22-20-31(27-37(36)39)41-23-8-2-9-24-41/h1,4-7,12-22,27-28H,2-3,8-11,23-26H2. The number of benzene rings is 6. The highest BCUT2D eigenvalue weighted by Gasteiger charge is 2.21. The average molecular weight is 547 g/mol. The third kappa shape index (κ3) is 4.41. The van der Waals surface area contributed by atoms with Gasteiger partial charge in [0, 0.05) is 37.6 Å². The van der Waals surface area contributed by atoms with Gasteiger partial charge >= 0.3 is 0 Å². The van der Waals surface area contributed by atoms with Crippen LogP contribution in [0.5, 0.6) is 0 Å². The van der Waals surface area contributed by atoms with Crippen LogP contribution in [0.25, 0.3) is 54.6 Å². The van der Waals surface area contributed by atoms with Gasteiger partial charge in [0.25, 0.3) is 0 Å². The van der Waals surface area contributed by atoms with Crippen LogP contribution < -0.4 is 9.80 Å². The minimum atomic E-state index is 1.15. The fraction of sp³-hybridized carbons (Fsp3) is 0.250. The lowest BCUT2D eigenvalue weighted by Crippen LogP contribution is -2.29. The molecule has 0 aliphatic carbocycles. The van der Waals surface area contributed by atoms with Gasteiger partial charge in [-0.25, -0.2) is 0 Å². The molecular formula is C40H38N2. The molecule has 2 aliphatic rings. The van der Waals surface area contributed by atoms with Crippen LogP contribution in [-0.4, -0.2) is 26.2 Å². The average Bonchev–Trinajstić information content (AvgIpc) is 3.07. The summed E-state index contributed by atoms with van der Waals surface area (Å²) in [6.45, 7) is 4.59. The molecule has 2 aliphatic heterocycles. The summed E-state index contributed by atoms with van der Waals surface area (Å²) in [5.74, 6) is 0. The molecule has 2 fully saturated rings. The Bertz CT molecular complexity index is 1890. The van der Waals surface area contributed by atoms with Crippen LogP contribution in [0.4, 0.5) is 11.4 Å². The highest BCUT2D eigenvalue weighted by molar-refractivity contribution is 6.24. The Hall–Kier alpha value is -4.30. The van der Waals surface area contributed by atoms with E-state index in [1.807, 2.05) is 0 Å². The lowest BCUT2D eigenvalue weighted by atomic mass is 9.84. The number of nitrogens with zero attached hydrogens (tertiary/aromatic N) is 2. The van der Waals surface area contributed by atoms with E-state index in [1.165, 1.54) is 104 Å². The van der Waals surface area contributed by atoms with Crippen molar-refractivity contribution in [1.29, 1.82) is 0 Å². The van der Waals surface area contributed by atoms with Gasteiger partial charge in [-0.2, -0.15) is 0 Å². The third-order valence-corrected chi connectivity index (χ3v) is 9.65. The Labute approximate surface area is 249 Å². The molecule has 2 heteroatoms. The number of piperidine rings is 2. The van der Waals surface area contributed by atoms with E-state index in [1.54, 1.807) is 0 Å². The van der Waals surface area contributed by atoms with Gasteiger partial charge in [-0.3, -0.25) is 0 Å². The van der Waals surface area contributed by atoms with E-state index in [4.69, 9.17) is 0 Å². The van der Waals surface area contributed by atoms with Crippen molar-refractivity contribution in [3.8, 4) is 22.3 Å². The molecule has 6 aromatic carbocycles. The van der Waals surface area contributed by atoms with Crippen molar-refractivity contribution in [2.24, 2.45) is 0 Å². The molecule has 2 nitrogen and oxygen atoms in total. The maximum Gasteiger partial charge on any atom is 0.0372 e. The first kappa shape index (κ1) is 25.4. The topological polar surface area (TPSA) is 6.48 Å². The van der Waals surface area contributed by atoms with Crippen LogP contribution >= 0.6 is 0 Å². The van der Waals surface area contributed by atoms with Crippen molar-refractivity contribution in [2.45, 2.75) is 38.5 Å². The molecule has 42 heavy (non-hydrogen) atoms. The molecule has 0 saturated carbocycles. The highest BCUT2D eigenvalue weighted by Crippen LogP contribution is 2.47. The Balaban J connectivity index is 1.49. The molecule has 0 unspecified atom stereocenters. The van der Waals surface area contributed by atoms with Crippen molar-refractivity contribution in [2.75, 3.05) is 36.0 Å². The van der Waals surface area contributed by atoms with E-state index in [2.05, 4.69) is 119 Å². The fourth-order valence-electron chi connectivity index (χ4n) is 7.55. The summed E-state index contributed by atoms with van der Waals surface area (Å²) in [4.78, 5) is 5.20. The minimum absolute atomic E-state index is 1.15. The number of hydrogen-bond donors (Lipinski definition) is 0. The number of anilines is 2. The van der Waals surface area contributed by atoms with E-state index in [0.717, 1.165) is 26.2 Å². The van der Waals surface area contributed by atoms with Gasteiger partial charge in [0.15, 0.2) is 0 Å². The van der Waals surface area contributed by atoms with Crippen molar-refractivity contribution >= 4 is 43.7 Å². The van der Waals surface area contributed by atoms with E-state index >= 15 is 0 Å². The molecule has 0 atom stereocenters. The maximum atomic E-state index is 2.60. The van der Waals surface area contributed by atoms with Crippen LogP contribution in [0, 0.1) is 0 Å². The molecule has 8 rings (SSSR count). The first-order valence-corrected chi connectivity index (χ1v) is 15.9. The first-order chi connectivity index (χ1) is 20.8. The van der Waals surface area contributed by atoms with Gasteiger partial charge in [-0.15, -0.1) is 0 Å². The fourth-order valence-corrected chi connectivity index (χ4v) is 7.55. The Kier molecular flexibility index (Phi) is 6.56. The zero-order valence-electron chi connectivity index (χ0n) is 24.4. The molecule has 6 aromatic rings. The second-order valence-electron chi connectivity index (χ2n) is 12.2. The lowest BCUT2D eigenvalue weighted by Gasteiger charge is -2.30. The summed E-state index contributed by atoms with van der Waals surface area (Å²) < 4.78 is 0. The van der Waals surface area contributed by atoms with Gasteiger partial charge in [-0.1, -0.05) is 84.9 Å². The summed E-state index contributed by atoms with van der Waals surface area (Å²) >= 11 is 0. The first-order valence-electron chi connectivity index (χ1n) is 15.9. The van der Waals surface area contributed by atoms with E-state index in [0.29, 0.717) is 0 Å². The smallest absolute Gasteiger partial charge is 0.0372 e. The van der Waals surface area contributed by atoms with Gasteiger partial charge in [-0.05, 0) is 117 Å². The molecule has 0 bridgehead atoms. The third-order valence-electron chi connectivity index (χ3n) is 9.65. The molecular weight excluding hydrogens is 508 g/mol. The van der Waals surface area contributed by atoms with Crippen LogP contribution in [0.3, 0.4) is 0 Å². The van der Waals surface area contributed by atoms with Gasteiger partial charge in [0.2, 0.25) is 0 Å². The molecule has 208 valence electrons. The largest absolute Gasteiger partial charge is 0.372 e. The Morgan fingerprint density at radius 1 is 0.381 bits per heavy atom. The molecule has 0 radical (unpaired) electrons. The number of hydrogen-bond acceptors (Lipinski definition) is 2. The number of fused-ring (bicyclic) bond motifs is 3. The van der Waals surface area contributed by atoms with Crippen LogP contribution in [0.15, 0.2) is 109 Å². The van der Waals surface area contributed by atoms with Crippen LogP contribution in [0.2, 0.25) is 0 Å². The molecule has 0 aromatic heterocycles. The summed E-state index contributed by atoms with van der Waals surface area (Å²) in [6.07, 6.45) is 7.80. The highest BCUT2D eigenvalue weighted by atomic mass is 15.1. The SMILES string of the molecule is c1ccc(-c2c3cc(N4CCCCC4)ccc3c(-c3cccc4ccccc34)c3cc(N4CCCCC4)ccc23)cc1. The monoisotopic (exact) mass is 546 g/mol. The summed E-state index contributed by atoms with van der Waals surface area (Å²) in [5.41, 5.74) is 8.04. The molecule has 0 spiro atoms. The predicted octanol–water partition coefficient (Wildman–Crippen LogP) is 10.5. The minimum Gasteiger partial charge on any atom is -0.372 e. The second-order valence-corrected chi connectivity index (χ2v) is 12.2. The predicted molar refractivity (Wildman–Crippen MR) is 182 cm³/mol. The Morgan fingerprint density at radius 3 is 1.60 bits per heavy atom. The van der Waals surface area contributed by atoms with Crippen molar-refractivity contribution in [1.82, 2.24) is 0 Å². The van der Waals surface area contributed by atoms with Crippen molar-refractivity contribution in [3.05, 3.63) is 109 Å². The van der Waals surface area contributed by atoms with Crippen LogP contribution in [-0.2, 0) is 0 Å². The second kappa shape index (κ2) is 10.8. The van der Waals surface area contributed by atoms with Crippen LogP contribution in [0.1, 0.15) is 38.5 Å². The lowest BCUT2D eigenvalue weighted by molar-refractivity contribution is 0.578. The van der Waals surface area contributed by atoms with E-state index < -0.39 is 0 Å². The molecule has 2 heterocycles. The van der Waals surface area contributed by atoms with E-state index in [9.17, 15) is 0 Å². The normalized spacial score (nSPS) is 16.0. The quantitative estimate of drug-likeness (QED) is 0.203. The van der Waals surface area contributed by atoms with E-state index in [-0.39, 0.29) is 0 Å². The molecule has 0 N–H and O–H groups in total. The Morgan fingerprint density at radius 2 is 0.929 bits per heavy atom. The van der Waals surface area contributed by atoms with Crippen molar-refractivity contribution in [3.63, 3.8) is 0 Å². The maximum absolute atomic E-state index is 2.60.